The first-order chi connectivity index (χ1) is 8.96. The standard InChI is InChI=1S/C16H24O2S/c1-5-18-11-12-19-15(16(2,3)4)14(17)13-9-7-6-8-10-13/h6-10,15H,5,11-12H2,1-4H3. The van der Waals surface area contributed by atoms with Gasteiger partial charge in [0.15, 0.2) is 5.78 Å². The summed E-state index contributed by atoms with van der Waals surface area (Å²) in [6.07, 6.45) is 0. The minimum atomic E-state index is -0.0518. The van der Waals surface area contributed by atoms with Crippen LogP contribution in [-0.2, 0) is 4.74 Å². The SMILES string of the molecule is CCOCCSC(C(=O)c1ccccc1)C(C)(C)C. The van der Waals surface area contributed by atoms with E-state index in [4.69, 9.17) is 4.74 Å². The van der Waals surface area contributed by atoms with Gasteiger partial charge in [-0.05, 0) is 12.3 Å². The summed E-state index contributed by atoms with van der Waals surface area (Å²) >= 11 is 1.70. The van der Waals surface area contributed by atoms with Crippen molar-refractivity contribution in [1.82, 2.24) is 0 Å². The fourth-order valence-corrected chi connectivity index (χ4v) is 3.08. The molecule has 106 valence electrons. The van der Waals surface area contributed by atoms with Gasteiger partial charge in [0, 0.05) is 17.9 Å². The van der Waals surface area contributed by atoms with Gasteiger partial charge < -0.3 is 4.74 Å². The van der Waals surface area contributed by atoms with Crippen molar-refractivity contribution in [3.8, 4) is 0 Å². The summed E-state index contributed by atoms with van der Waals surface area (Å²) in [6, 6.07) is 9.55. The molecule has 0 aliphatic carbocycles. The average molecular weight is 280 g/mol. The molecule has 1 atom stereocenters. The summed E-state index contributed by atoms with van der Waals surface area (Å²) in [5.41, 5.74) is 0.746. The van der Waals surface area contributed by atoms with E-state index in [9.17, 15) is 4.79 Å². The van der Waals surface area contributed by atoms with Gasteiger partial charge in [0.1, 0.15) is 0 Å². The number of ketones is 1. The van der Waals surface area contributed by atoms with Crippen LogP contribution in [0.4, 0.5) is 0 Å². The Morgan fingerprint density at radius 2 is 1.89 bits per heavy atom. The minimum absolute atomic E-state index is 0.0321. The number of ether oxygens (including phenoxy) is 1. The Morgan fingerprint density at radius 1 is 1.26 bits per heavy atom. The highest BCUT2D eigenvalue weighted by atomic mass is 32.2. The van der Waals surface area contributed by atoms with Crippen molar-refractivity contribution in [3.63, 3.8) is 0 Å². The molecule has 0 N–H and O–H groups in total. The molecule has 0 heterocycles. The fourth-order valence-electron chi connectivity index (χ4n) is 1.84. The lowest BCUT2D eigenvalue weighted by atomic mass is 9.87. The van der Waals surface area contributed by atoms with Crippen LogP contribution in [-0.4, -0.2) is 30.0 Å². The Balaban J connectivity index is 2.72. The Hall–Kier alpha value is -0.800. The number of hydrogen-bond acceptors (Lipinski definition) is 3. The van der Waals surface area contributed by atoms with Gasteiger partial charge in [-0.25, -0.2) is 0 Å². The van der Waals surface area contributed by atoms with Gasteiger partial charge in [-0.1, -0.05) is 51.1 Å². The van der Waals surface area contributed by atoms with Crippen LogP contribution in [0.3, 0.4) is 0 Å². The quantitative estimate of drug-likeness (QED) is 0.556. The molecule has 1 aromatic rings. The van der Waals surface area contributed by atoms with Crippen LogP contribution >= 0.6 is 11.8 Å². The first kappa shape index (κ1) is 16.3. The maximum absolute atomic E-state index is 12.6. The summed E-state index contributed by atoms with van der Waals surface area (Å²) < 4.78 is 5.35. The summed E-state index contributed by atoms with van der Waals surface area (Å²) in [5, 5.41) is -0.0321. The van der Waals surface area contributed by atoms with Gasteiger partial charge in [-0.15, -0.1) is 11.8 Å². The van der Waals surface area contributed by atoms with E-state index >= 15 is 0 Å². The maximum Gasteiger partial charge on any atom is 0.176 e. The molecule has 0 aliphatic rings. The van der Waals surface area contributed by atoms with Gasteiger partial charge in [-0.2, -0.15) is 0 Å². The molecule has 0 fully saturated rings. The van der Waals surface area contributed by atoms with Crippen molar-refractivity contribution < 1.29 is 9.53 Å². The van der Waals surface area contributed by atoms with Crippen molar-refractivity contribution in [3.05, 3.63) is 35.9 Å². The zero-order valence-electron chi connectivity index (χ0n) is 12.3. The van der Waals surface area contributed by atoms with Crippen molar-refractivity contribution in [2.24, 2.45) is 5.41 Å². The highest BCUT2D eigenvalue weighted by Crippen LogP contribution is 2.33. The highest BCUT2D eigenvalue weighted by Gasteiger charge is 2.31. The molecule has 3 heteroatoms. The topological polar surface area (TPSA) is 26.3 Å². The third-order valence-corrected chi connectivity index (χ3v) is 4.46. The van der Waals surface area contributed by atoms with Crippen molar-refractivity contribution >= 4 is 17.5 Å². The number of carbonyl (C=O) groups excluding carboxylic acids is 1. The van der Waals surface area contributed by atoms with Crippen molar-refractivity contribution in [2.45, 2.75) is 32.9 Å². The van der Waals surface area contributed by atoms with Gasteiger partial charge in [0.05, 0.1) is 11.9 Å². The molecule has 0 amide bonds. The van der Waals surface area contributed by atoms with Gasteiger partial charge in [0.25, 0.3) is 0 Å². The predicted octanol–water partition coefficient (Wildman–Crippen LogP) is 4.05. The number of benzene rings is 1. The Kier molecular flexibility index (Phi) is 6.59. The summed E-state index contributed by atoms with van der Waals surface area (Å²) in [6.45, 7) is 9.77. The van der Waals surface area contributed by atoms with Crippen molar-refractivity contribution in [1.29, 1.82) is 0 Å². The van der Waals surface area contributed by atoms with Crippen LogP contribution in [0.2, 0.25) is 0 Å². The smallest absolute Gasteiger partial charge is 0.176 e. The molecule has 0 radical (unpaired) electrons. The van der Waals surface area contributed by atoms with Crippen LogP contribution in [0, 0.1) is 5.41 Å². The molecule has 0 bridgehead atoms. The first-order valence-electron chi connectivity index (χ1n) is 6.75. The molecule has 0 spiro atoms. The summed E-state index contributed by atoms with van der Waals surface area (Å²) in [5.74, 6) is 1.07. The number of carbonyl (C=O) groups is 1. The van der Waals surface area contributed by atoms with E-state index < -0.39 is 0 Å². The lowest BCUT2D eigenvalue weighted by molar-refractivity contribution is 0.0950. The second-order valence-electron chi connectivity index (χ2n) is 5.54. The van der Waals surface area contributed by atoms with Gasteiger partial charge in [0.2, 0.25) is 0 Å². The third-order valence-electron chi connectivity index (χ3n) is 2.80. The summed E-state index contributed by atoms with van der Waals surface area (Å²) in [7, 11) is 0. The van der Waals surface area contributed by atoms with E-state index in [1.54, 1.807) is 11.8 Å². The normalized spacial score (nSPS) is 13.3. The highest BCUT2D eigenvalue weighted by molar-refractivity contribution is 8.00. The second-order valence-corrected chi connectivity index (χ2v) is 6.76. The minimum Gasteiger partial charge on any atom is -0.381 e. The average Bonchev–Trinajstić information content (AvgIpc) is 2.37. The number of Topliss-reactive ketones (excluding diaryl/α,β-unsaturated/α-hetero) is 1. The fraction of sp³-hybridized carbons (Fsp3) is 0.562. The number of rotatable bonds is 7. The monoisotopic (exact) mass is 280 g/mol. The maximum atomic E-state index is 12.6. The van der Waals surface area contributed by atoms with E-state index in [2.05, 4.69) is 20.8 Å². The van der Waals surface area contributed by atoms with Crippen LogP contribution in [0.25, 0.3) is 0 Å². The van der Waals surface area contributed by atoms with E-state index in [1.165, 1.54) is 0 Å². The molecule has 0 aromatic heterocycles. The number of thioether (sulfide) groups is 1. The molecule has 0 aliphatic heterocycles. The Bertz CT molecular complexity index is 381. The van der Waals surface area contributed by atoms with Gasteiger partial charge in [-0.3, -0.25) is 4.79 Å². The zero-order chi connectivity index (χ0) is 14.3. The molecule has 2 nitrogen and oxygen atoms in total. The van der Waals surface area contributed by atoms with E-state index in [0.717, 1.165) is 17.9 Å². The molecular formula is C16H24O2S. The second kappa shape index (κ2) is 7.71. The molecule has 1 aromatic carbocycles. The van der Waals surface area contributed by atoms with Gasteiger partial charge >= 0.3 is 0 Å². The molecule has 0 saturated heterocycles. The predicted molar refractivity (Wildman–Crippen MR) is 83.0 cm³/mol. The Labute approximate surface area is 120 Å². The molecule has 19 heavy (non-hydrogen) atoms. The van der Waals surface area contributed by atoms with Crippen LogP contribution in [0.15, 0.2) is 30.3 Å². The van der Waals surface area contributed by atoms with Crippen LogP contribution < -0.4 is 0 Å². The molecule has 0 saturated carbocycles. The zero-order valence-corrected chi connectivity index (χ0v) is 13.1. The van der Waals surface area contributed by atoms with E-state index in [0.29, 0.717) is 6.61 Å². The lowest BCUT2D eigenvalue weighted by Crippen LogP contribution is -2.32. The van der Waals surface area contributed by atoms with Crippen molar-refractivity contribution in [2.75, 3.05) is 19.0 Å². The van der Waals surface area contributed by atoms with Crippen LogP contribution in [0.5, 0.6) is 0 Å². The lowest BCUT2D eigenvalue weighted by Gasteiger charge is -2.29. The molecular weight excluding hydrogens is 256 g/mol. The van der Waals surface area contributed by atoms with E-state index in [1.807, 2.05) is 37.3 Å². The summed E-state index contributed by atoms with van der Waals surface area (Å²) in [4.78, 5) is 12.6. The van der Waals surface area contributed by atoms with Crippen LogP contribution in [0.1, 0.15) is 38.1 Å². The Morgan fingerprint density at radius 3 is 2.42 bits per heavy atom. The third kappa shape index (κ3) is 5.37. The van der Waals surface area contributed by atoms with E-state index in [-0.39, 0.29) is 16.4 Å². The molecule has 1 rings (SSSR count). The number of hydrogen-bond donors (Lipinski definition) is 0. The largest absolute Gasteiger partial charge is 0.381 e. The molecule has 1 unspecified atom stereocenters. The first-order valence-corrected chi connectivity index (χ1v) is 7.80.